The van der Waals surface area contributed by atoms with Gasteiger partial charge in [-0.3, -0.25) is 9.69 Å². The van der Waals surface area contributed by atoms with E-state index in [0.29, 0.717) is 18.5 Å². The zero-order chi connectivity index (χ0) is 13.9. The molecule has 3 rings (SSSR count). The highest BCUT2D eigenvalue weighted by molar-refractivity contribution is 5.85. The number of likely N-dealkylation sites (tertiary alicyclic amines) is 2. The number of fused-ring (bicyclic) bond motifs is 1. The maximum Gasteiger partial charge on any atom is 0.237 e. The van der Waals surface area contributed by atoms with Crippen LogP contribution >= 0.6 is 12.4 Å². The van der Waals surface area contributed by atoms with E-state index in [2.05, 4.69) is 9.80 Å². The van der Waals surface area contributed by atoms with Gasteiger partial charge in [0.25, 0.3) is 0 Å². The van der Waals surface area contributed by atoms with Gasteiger partial charge in [0, 0.05) is 25.2 Å². The first-order valence-electron chi connectivity index (χ1n) is 8.51. The average molecular weight is 316 g/mol. The third kappa shape index (κ3) is 4.11. The van der Waals surface area contributed by atoms with E-state index in [1.165, 1.54) is 38.5 Å². The van der Waals surface area contributed by atoms with Crippen molar-refractivity contribution in [3.05, 3.63) is 0 Å². The maximum atomic E-state index is 12.7. The predicted octanol–water partition coefficient (Wildman–Crippen LogP) is 2.01. The number of hydrogen-bond acceptors (Lipinski definition) is 3. The van der Waals surface area contributed by atoms with Gasteiger partial charge in [-0.2, -0.15) is 0 Å². The first-order chi connectivity index (χ1) is 9.74. The highest BCUT2D eigenvalue weighted by atomic mass is 35.5. The topological polar surface area (TPSA) is 49.6 Å². The Labute approximate surface area is 134 Å². The van der Waals surface area contributed by atoms with Gasteiger partial charge < -0.3 is 10.6 Å². The van der Waals surface area contributed by atoms with Crippen molar-refractivity contribution in [3.63, 3.8) is 0 Å². The van der Waals surface area contributed by atoms with E-state index < -0.39 is 0 Å². The number of carbonyl (C=O) groups is 1. The van der Waals surface area contributed by atoms with Gasteiger partial charge in [-0.05, 0) is 51.0 Å². The standard InChI is InChI=1S/C16H29N3O.ClH/c17-14-7-4-9-18(11-14)12-16(20)19-10-3-6-13-5-1-2-8-15(13)19;/h13-15H,1-12,17H2;1H. The zero-order valence-electron chi connectivity index (χ0n) is 13.0. The van der Waals surface area contributed by atoms with Crippen molar-refractivity contribution < 1.29 is 4.79 Å². The minimum atomic E-state index is 0. The predicted molar refractivity (Wildman–Crippen MR) is 87.6 cm³/mol. The van der Waals surface area contributed by atoms with E-state index in [1.54, 1.807) is 0 Å². The van der Waals surface area contributed by atoms with Gasteiger partial charge in [0.1, 0.15) is 0 Å². The molecule has 0 aromatic carbocycles. The lowest BCUT2D eigenvalue weighted by Crippen LogP contribution is -2.54. The van der Waals surface area contributed by atoms with Gasteiger partial charge >= 0.3 is 0 Å². The fourth-order valence-electron chi connectivity index (χ4n) is 4.45. The normalized spacial score (nSPS) is 34.0. The van der Waals surface area contributed by atoms with Crippen molar-refractivity contribution in [1.29, 1.82) is 0 Å². The largest absolute Gasteiger partial charge is 0.338 e. The quantitative estimate of drug-likeness (QED) is 0.848. The molecule has 1 amide bonds. The maximum absolute atomic E-state index is 12.7. The molecule has 0 aromatic rings. The summed E-state index contributed by atoms with van der Waals surface area (Å²) in [7, 11) is 0. The Hall–Kier alpha value is -0.320. The molecule has 1 saturated carbocycles. The van der Waals surface area contributed by atoms with Crippen molar-refractivity contribution in [2.45, 2.75) is 63.5 Å². The molecule has 0 aromatic heterocycles. The summed E-state index contributed by atoms with van der Waals surface area (Å²) in [5.41, 5.74) is 6.02. The fourth-order valence-corrected chi connectivity index (χ4v) is 4.45. The van der Waals surface area contributed by atoms with Gasteiger partial charge in [0.2, 0.25) is 5.91 Å². The van der Waals surface area contributed by atoms with Crippen LogP contribution in [0.3, 0.4) is 0 Å². The molecule has 0 radical (unpaired) electrons. The molecule has 1 aliphatic carbocycles. The number of halogens is 1. The summed E-state index contributed by atoms with van der Waals surface area (Å²) in [5.74, 6) is 1.14. The van der Waals surface area contributed by atoms with Crippen LogP contribution in [-0.2, 0) is 4.79 Å². The molecule has 2 heterocycles. The molecule has 4 nitrogen and oxygen atoms in total. The van der Waals surface area contributed by atoms with Crippen molar-refractivity contribution in [2.75, 3.05) is 26.2 Å². The smallest absolute Gasteiger partial charge is 0.237 e. The second kappa shape index (κ2) is 7.80. The third-order valence-corrected chi connectivity index (χ3v) is 5.46. The summed E-state index contributed by atoms with van der Waals surface area (Å²) in [6.07, 6.45) is 10.0. The van der Waals surface area contributed by atoms with E-state index in [0.717, 1.165) is 38.4 Å². The Bertz CT molecular complexity index is 350. The average Bonchev–Trinajstić information content (AvgIpc) is 2.46. The Kier molecular flexibility index (Phi) is 6.33. The molecule has 3 aliphatic rings. The second-order valence-corrected chi connectivity index (χ2v) is 6.98. The van der Waals surface area contributed by atoms with Crippen molar-refractivity contribution >= 4 is 18.3 Å². The fraction of sp³-hybridized carbons (Fsp3) is 0.938. The van der Waals surface area contributed by atoms with Crippen molar-refractivity contribution in [2.24, 2.45) is 11.7 Å². The van der Waals surface area contributed by atoms with Crippen LogP contribution in [-0.4, -0.2) is 54.0 Å². The van der Waals surface area contributed by atoms with Gasteiger partial charge in [0.05, 0.1) is 6.54 Å². The van der Waals surface area contributed by atoms with Crippen LogP contribution < -0.4 is 5.73 Å². The van der Waals surface area contributed by atoms with E-state index in [-0.39, 0.29) is 18.4 Å². The number of nitrogens with two attached hydrogens (primary N) is 1. The summed E-state index contributed by atoms with van der Waals surface area (Å²) in [4.78, 5) is 17.2. The first-order valence-corrected chi connectivity index (χ1v) is 8.51. The van der Waals surface area contributed by atoms with Gasteiger partial charge in [-0.15, -0.1) is 12.4 Å². The summed E-state index contributed by atoms with van der Waals surface area (Å²) >= 11 is 0. The lowest BCUT2D eigenvalue weighted by molar-refractivity contribution is -0.139. The van der Waals surface area contributed by atoms with E-state index in [4.69, 9.17) is 5.73 Å². The molecular weight excluding hydrogens is 286 g/mol. The number of piperidine rings is 2. The molecule has 3 fully saturated rings. The van der Waals surface area contributed by atoms with Gasteiger partial charge in [0.15, 0.2) is 0 Å². The molecular formula is C16H30ClN3O. The Balaban J connectivity index is 0.00000161. The first kappa shape index (κ1) is 17.0. The SMILES string of the molecule is Cl.NC1CCCN(CC(=O)N2CCCC3CCCCC32)C1. The zero-order valence-corrected chi connectivity index (χ0v) is 13.8. The number of rotatable bonds is 2. The summed E-state index contributed by atoms with van der Waals surface area (Å²) < 4.78 is 0. The highest BCUT2D eigenvalue weighted by Gasteiger charge is 2.36. The van der Waals surface area contributed by atoms with Gasteiger partial charge in [-0.25, -0.2) is 0 Å². The number of hydrogen-bond donors (Lipinski definition) is 1. The van der Waals surface area contributed by atoms with E-state index >= 15 is 0 Å². The molecule has 2 aliphatic heterocycles. The van der Waals surface area contributed by atoms with E-state index in [9.17, 15) is 4.79 Å². The van der Waals surface area contributed by atoms with E-state index in [1.807, 2.05) is 0 Å². The summed E-state index contributed by atoms with van der Waals surface area (Å²) in [6.45, 7) is 3.52. The molecule has 2 saturated heterocycles. The van der Waals surface area contributed by atoms with Crippen LogP contribution in [0.1, 0.15) is 51.4 Å². The van der Waals surface area contributed by atoms with Crippen LogP contribution in [0.15, 0.2) is 0 Å². The van der Waals surface area contributed by atoms with Crippen LogP contribution in [0.25, 0.3) is 0 Å². The third-order valence-electron chi connectivity index (χ3n) is 5.46. The molecule has 0 spiro atoms. The Morgan fingerprint density at radius 2 is 1.71 bits per heavy atom. The second-order valence-electron chi connectivity index (χ2n) is 6.98. The number of carbonyl (C=O) groups excluding carboxylic acids is 1. The molecule has 2 N–H and O–H groups in total. The molecule has 0 bridgehead atoms. The van der Waals surface area contributed by atoms with Crippen LogP contribution in [0, 0.1) is 5.92 Å². The number of amides is 1. The molecule has 122 valence electrons. The Morgan fingerprint density at radius 1 is 1.00 bits per heavy atom. The summed E-state index contributed by atoms with van der Waals surface area (Å²) in [6, 6.07) is 0.809. The highest BCUT2D eigenvalue weighted by Crippen LogP contribution is 2.35. The molecule has 5 heteroatoms. The van der Waals surface area contributed by atoms with Crippen LogP contribution in [0.5, 0.6) is 0 Å². The molecule has 3 atom stereocenters. The minimum absolute atomic E-state index is 0. The lowest BCUT2D eigenvalue weighted by atomic mass is 9.78. The van der Waals surface area contributed by atoms with Gasteiger partial charge in [-0.1, -0.05) is 12.8 Å². The minimum Gasteiger partial charge on any atom is -0.338 e. The van der Waals surface area contributed by atoms with Crippen LogP contribution in [0.2, 0.25) is 0 Å². The Morgan fingerprint density at radius 3 is 2.52 bits per heavy atom. The lowest BCUT2D eigenvalue weighted by Gasteiger charge is -2.45. The summed E-state index contributed by atoms with van der Waals surface area (Å²) in [5, 5.41) is 0. The van der Waals surface area contributed by atoms with Crippen LogP contribution in [0.4, 0.5) is 0 Å². The molecule has 3 unspecified atom stereocenters. The number of nitrogens with zero attached hydrogens (tertiary/aromatic N) is 2. The van der Waals surface area contributed by atoms with Crippen molar-refractivity contribution in [3.8, 4) is 0 Å². The molecule has 21 heavy (non-hydrogen) atoms. The van der Waals surface area contributed by atoms with Crippen molar-refractivity contribution in [1.82, 2.24) is 9.80 Å². The monoisotopic (exact) mass is 315 g/mol.